The van der Waals surface area contributed by atoms with E-state index in [-0.39, 0.29) is 11.5 Å². The van der Waals surface area contributed by atoms with Gasteiger partial charge in [0.2, 0.25) is 5.88 Å². The predicted molar refractivity (Wildman–Crippen MR) is 73.1 cm³/mol. The van der Waals surface area contributed by atoms with Gasteiger partial charge in [-0.15, -0.1) is 0 Å². The van der Waals surface area contributed by atoms with Gasteiger partial charge in [0, 0.05) is 18.1 Å². The molecular weight excluding hydrogens is 276 g/mol. The molecule has 0 spiro atoms. The van der Waals surface area contributed by atoms with Crippen LogP contribution in [0.2, 0.25) is 5.02 Å². The van der Waals surface area contributed by atoms with E-state index in [1.54, 1.807) is 24.3 Å². The van der Waals surface area contributed by atoms with Crippen molar-refractivity contribution in [3.05, 3.63) is 52.2 Å². The molecule has 1 aromatic heterocycles. The number of pyridine rings is 1. The number of Topliss-reactive ketones (excluding diaryl/α,β-unsaturated/α-hetero) is 1. The van der Waals surface area contributed by atoms with Crippen molar-refractivity contribution in [2.24, 2.45) is 0 Å². The zero-order chi connectivity index (χ0) is 14.1. The summed E-state index contributed by atoms with van der Waals surface area (Å²) in [5, 5.41) is 9.17. The quantitative estimate of drug-likeness (QED) is 0.846. The molecule has 20 heavy (non-hydrogen) atoms. The number of halogens is 1. The second-order valence-electron chi connectivity index (χ2n) is 4.44. The standard InChI is InChI=1S/C15H9ClN2O2/c16-12-4-6-15(18-13(12)8-17)20-10-2-3-11-9(7-10)1-5-14(11)19/h2-4,6-7H,1,5H2. The molecular formula is C15H9ClN2O2. The molecule has 4 nitrogen and oxygen atoms in total. The van der Waals surface area contributed by atoms with Gasteiger partial charge >= 0.3 is 0 Å². The number of carbonyl (C=O) groups excluding carboxylic acids is 1. The highest BCUT2D eigenvalue weighted by molar-refractivity contribution is 6.31. The van der Waals surface area contributed by atoms with Crippen LogP contribution in [0, 0.1) is 11.3 Å². The van der Waals surface area contributed by atoms with Crippen molar-refractivity contribution in [1.29, 1.82) is 5.26 Å². The number of ketones is 1. The van der Waals surface area contributed by atoms with E-state index in [0.717, 1.165) is 17.5 Å². The molecule has 1 aliphatic carbocycles. The number of hydrogen-bond acceptors (Lipinski definition) is 4. The molecule has 3 rings (SSSR count). The summed E-state index contributed by atoms with van der Waals surface area (Å²) in [7, 11) is 0. The first-order valence-electron chi connectivity index (χ1n) is 6.08. The minimum absolute atomic E-state index is 0.125. The minimum atomic E-state index is 0.125. The molecule has 0 unspecified atom stereocenters. The van der Waals surface area contributed by atoms with Crippen LogP contribution in [0.1, 0.15) is 28.0 Å². The van der Waals surface area contributed by atoms with Crippen LogP contribution in [0.4, 0.5) is 0 Å². The molecule has 0 bridgehead atoms. The van der Waals surface area contributed by atoms with Gasteiger partial charge in [0.15, 0.2) is 11.5 Å². The van der Waals surface area contributed by atoms with Crippen molar-refractivity contribution >= 4 is 17.4 Å². The first-order chi connectivity index (χ1) is 9.67. The van der Waals surface area contributed by atoms with E-state index in [9.17, 15) is 4.79 Å². The second kappa shape index (κ2) is 4.95. The van der Waals surface area contributed by atoms with E-state index in [1.807, 2.05) is 12.1 Å². The second-order valence-corrected chi connectivity index (χ2v) is 4.84. The first-order valence-corrected chi connectivity index (χ1v) is 6.46. The molecule has 2 aromatic rings. The summed E-state index contributed by atoms with van der Waals surface area (Å²) in [6.07, 6.45) is 1.29. The lowest BCUT2D eigenvalue weighted by Gasteiger charge is -2.07. The van der Waals surface area contributed by atoms with E-state index in [4.69, 9.17) is 21.6 Å². The topological polar surface area (TPSA) is 63.0 Å². The Morgan fingerprint density at radius 3 is 2.90 bits per heavy atom. The number of fused-ring (bicyclic) bond motifs is 1. The fraction of sp³-hybridized carbons (Fsp3) is 0.133. The van der Waals surface area contributed by atoms with Gasteiger partial charge in [-0.05, 0) is 36.2 Å². The van der Waals surface area contributed by atoms with Gasteiger partial charge < -0.3 is 4.74 Å². The highest BCUT2D eigenvalue weighted by Crippen LogP contribution is 2.29. The average Bonchev–Trinajstić information content (AvgIpc) is 2.82. The zero-order valence-electron chi connectivity index (χ0n) is 10.4. The molecule has 1 aromatic carbocycles. The minimum Gasteiger partial charge on any atom is -0.439 e. The van der Waals surface area contributed by atoms with Gasteiger partial charge in [-0.3, -0.25) is 4.79 Å². The summed E-state index contributed by atoms with van der Waals surface area (Å²) in [5.74, 6) is 1.07. The van der Waals surface area contributed by atoms with Crippen molar-refractivity contribution in [3.8, 4) is 17.7 Å². The molecule has 1 aliphatic rings. The Hall–Kier alpha value is -2.38. The summed E-state index contributed by atoms with van der Waals surface area (Å²) in [4.78, 5) is 15.6. The van der Waals surface area contributed by atoms with Gasteiger partial charge in [0.1, 0.15) is 11.8 Å². The lowest BCUT2D eigenvalue weighted by Crippen LogP contribution is -1.94. The van der Waals surface area contributed by atoms with E-state index < -0.39 is 0 Å². The molecule has 0 atom stereocenters. The highest BCUT2D eigenvalue weighted by Gasteiger charge is 2.19. The number of benzene rings is 1. The number of aryl methyl sites for hydroxylation is 1. The van der Waals surface area contributed by atoms with Gasteiger partial charge in [-0.1, -0.05) is 11.6 Å². The zero-order valence-corrected chi connectivity index (χ0v) is 11.1. The van der Waals surface area contributed by atoms with Crippen molar-refractivity contribution in [2.45, 2.75) is 12.8 Å². The third-order valence-corrected chi connectivity index (χ3v) is 3.45. The molecule has 98 valence electrons. The van der Waals surface area contributed by atoms with E-state index in [0.29, 0.717) is 23.1 Å². The van der Waals surface area contributed by atoms with Crippen LogP contribution in [0.5, 0.6) is 11.6 Å². The predicted octanol–water partition coefficient (Wildman–Crippen LogP) is 3.53. The summed E-state index contributed by atoms with van der Waals surface area (Å²) in [6, 6.07) is 10.4. The maximum absolute atomic E-state index is 11.6. The Balaban J connectivity index is 1.89. The van der Waals surface area contributed by atoms with Crippen LogP contribution in [-0.2, 0) is 6.42 Å². The van der Waals surface area contributed by atoms with Crippen molar-refractivity contribution in [3.63, 3.8) is 0 Å². The molecule has 0 aliphatic heterocycles. The van der Waals surface area contributed by atoms with Crippen LogP contribution >= 0.6 is 11.6 Å². The third kappa shape index (κ3) is 2.24. The molecule has 0 saturated carbocycles. The molecule has 0 saturated heterocycles. The summed E-state index contributed by atoms with van der Waals surface area (Å²) in [5.41, 5.74) is 1.88. The molecule has 0 amide bonds. The fourth-order valence-corrected chi connectivity index (χ4v) is 2.32. The normalized spacial score (nSPS) is 12.9. The van der Waals surface area contributed by atoms with E-state index >= 15 is 0 Å². The van der Waals surface area contributed by atoms with Gasteiger partial charge in [-0.2, -0.15) is 5.26 Å². The Bertz CT molecular complexity index is 750. The van der Waals surface area contributed by atoms with Crippen molar-refractivity contribution in [1.82, 2.24) is 4.98 Å². The number of nitrogens with zero attached hydrogens (tertiary/aromatic N) is 2. The van der Waals surface area contributed by atoms with E-state index in [1.165, 1.54) is 0 Å². The number of aromatic nitrogens is 1. The van der Waals surface area contributed by atoms with Gasteiger partial charge in [-0.25, -0.2) is 4.98 Å². The molecule has 5 heteroatoms. The lowest BCUT2D eigenvalue weighted by atomic mass is 10.1. The summed E-state index contributed by atoms with van der Waals surface area (Å²) >= 11 is 5.81. The lowest BCUT2D eigenvalue weighted by molar-refractivity contribution is 0.0994. The van der Waals surface area contributed by atoms with Crippen LogP contribution < -0.4 is 4.74 Å². The van der Waals surface area contributed by atoms with Gasteiger partial charge in [0.05, 0.1) is 5.02 Å². The smallest absolute Gasteiger partial charge is 0.220 e. The SMILES string of the molecule is N#Cc1nc(Oc2ccc3c(c2)CCC3=O)ccc1Cl. The Kier molecular flexibility index (Phi) is 3.13. The maximum atomic E-state index is 11.6. The Labute approximate surface area is 120 Å². The number of hydrogen-bond donors (Lipinski definition) is 0. The highest BCUT2D eigenvalue weighted by atomic mass is 35.5. The molecule has 0 fully saturated rings. The van der Waals surface area contributed by atoms with Crippen LogP contribution in [0.15, 0.2) is 30.3 Å². The van der Waals surface area contributed by atoms with E-state index in [2.05, 4.69) is 4.98 Å². The van der Waals surface area contributed by atoms with Crippen LogP contribution in [0.25, 0.3) is 0 Å². The molecule has 0 radical (unpaired) electrons. The number of ether oxygens (including phenoxy) is 1. The Morgan fingerprint density at radius 2 is 2.10 bits per heavy atom. The fourth-order valence-electron chi connectivity index (χ4n) is 2.18. The van der Waals surface area contributed by atoms with Crippen LogP contribution in [-0.4, -0.2) is 10.8 Å². The Morgan fingerprint density at radius 1 is 1.25 bits per heavy atom. The monoisotopic (exact) mass is 284 g/mol. The number of nitriles is 1. The number of rotatable bonds is 2. The first kappa shape index (κ1) is 12.6. The summed E-state index contributed by atoms with van der Waals surface area (Å²) in [6.45, 7) is 0. The van der Waals surface area contributed by atoms with Gasteiger partial charge in [0.25, 0.3) is 0 Å². The molecule has 1 heterocycles. The molecule has 0 N–H and O–H groups in total. The largest absolute Gasteiger partial charge is 0.439 e. The van der Waals surface area contributed by atoms with Crippen molar-refractivity contribution < 1.29 is 9.53 Å². The third-order valence-electron chi connectivity index (χ3n) is 3.15. The van der Waals surface area contributed by atoms with Crippen LogP contribution in [0.3, 0.4) is 0 Å². The van der Waals surface area contributed by atoms with Crippen molar-refractivity contribution in [2.75, 3.05) is 0 Å². The summed E-state index contributed by atoms with van der Waals surface area (Å²) < 4.78 is 5.60. The average molecular weight is 285 g/mol. The number of carbonyl (C=O) groups is 1. The maximum Gasteiger partial charge on any atom is 0.220 e.